The predicted molar refractivity (Wildman–Crippen MR) is 127 cm³/mol. The summed E-state index contributed by atoms with van der Waals surface area (Å²) < 4.78 is 6.92. The second-order valence-corrected chi connectivity index (χ2v) is 8.41. The van der Waals surface area contributed by atoms with Gasteiger partial charge in [-0.3, -0.25) is 19.3 Å². The number of ether oxygens (including phenoxy) is 1. The molecule has 0 saturated carbocycles. The number of hydrogen-bond acceptors (Lipinski definition) is 6. The van der Waals surface area contributed by atoms with E-state index in [-0.39, 0.29) is 17.4 Å². The van der Waals surface area contributed by atoms with Gasteiger partial charge in [-0.25, -0.2) is 4.79 Å². The summed E-state index contributed by atoms with van der Waals surface area (Å²) in [6.45, 7) is 6.13. The van der Waals surface area contributed by atoms with Crippen LogP contribution in [0.2, 0.25) is 0 Å². The lowest BCUT2D eigenvalue weighted by atomic mass is 10.0. The number of hydrogen-bond donors (Lipinski definition) is 2. The molecule has 1 aliphatic heterocycles. The summed E-state index contributed by atoms with van der Waals surface area (Å²) in [5.41, 5.74) is 0.687. The molecule has 0 aliphatic carbocycles. The van der Waals surface area contributed by atoms with Crippen molar-refractivity contribution < 1.29 is 9.84 Å². The number of nitrogens with one attached hydrogen (secondary N) is 1. The third-order valence-corrected chi connectivity index (χ3v) is 6.41. The Bertz CT molecular complexity index is 1310. The van der Waals surface area contributed by atoms with Gasteiger partial charge in [-0.15, -0.1) is 18.3 Å². The molecule has 1 aromatic heterocycles. The van der Waals surface area contributed by atoms with Gasteiger partial charge in [-0.05, 0) is 25.1 Å². The van der Waals surface area contributed by atoms with Gasteiger partial charge >= 0.3 is 5.69 Å². The van der Waals surface area contributed by atoms with Crippen LogP contribution in [0.1, 0.15) is 29.7 Å². The Morgan fingerprint density at radius 2 is 2.00 bits per heavy atom. The van der Waals surface area contributed by atoms with Gasteiger partial charge in [-0.1, -0.05) is 36.4 Å². The number of rotatable bonds is 6. The lowest BCUT2D eigenvalue weighted by molar-refractivity contribution is 0.336. The first kappa shape index (κ1) is 21.7. The van der Waals surface area contributed by atoms with E-state index in [4.69, 9.17) is 9.73 Å². The van der Waals surface area contributed by atoms with Gasteiger partial charge in [0, 0.05) is 28.7 Å². The molecule has 1 aliphatic rings. The SMILES string of the molecule is C=CCn1c(O)c(C2=Nc3ccccc3SC(c3ccccc3OCC)C2)c(=O)[nH]c1=O. The number of allylic oxidation sites excluding steroid dienone is 1. The molecule has 8 heteroatoms. The van der Waals surface area contributed by atoms with Crippen molar-refractivity contribution in [3.8, 4) is 11.6 Å². The van der Waals surface area contributed by atoms with E-state index < -0.39 is 17.1 Å². The standard InChI is InChI=1S/C24H23N3O4S/c1-3-13-27-23(29)21(22(28)26-24(27)30)17-14-20(15-9-5-7-11-18(15)31-4-2)32-19-12-8-6-10-16(19)25-17/h3,5-12,20,29H,1,4,13-14H2,2H3,(H,26,28,30). The Morgan fingerprint density at radius 3 is 2.78 bits per heavy atom. The summed E-state index contributed by atoms with van der Waals surface area (Å²) in [5, 5.41) is 10.7. The molecule has 0 bridgehead atoms. The second kappa shape index (κ2) is 9.32. The highest BCUT2D eigenvalue weighted by atomic mass is 32.2. The summed E-state index contributed by atoms with van der Waals surface area (Å²) in [5.74, 6) is 0.347. The fraction of sp³-hybridized carbons (Fsp3) is 0.208. The molecular weight excluding hydrogens is 426 g/mol. The summed E-state index contributed by atoms with van der Waals surface area (Å²) in [6.07, 6.45) is 1.83. The van der Waals surface area contributed by atoms with Crippen molar-refractivity contribution in [3.05, 3.63) is 93.2 Å². The van der Waals surface area contributed by atoms with Crippen molar-refractivity contribution in [2.75, 3.05) is 6.61 Å². The molecule has 3 aromatic rings. The normalized spacial score (nSPS) is 15.4. The maximum absolute atomic E-state index is 12.8. The Labute approximate surface area is 189 Å². The zero-order valence-electron chi connectivity index (χ0n) is 17.6. The highest BCUT2D eigenvalue weighted by molar-refractivity contribution is 7.99. The van der Waals surface area contributed by atoms with E-state index in [0.29, 0.717) is 24.4 Å². The molecule has 4 rings (SSSR count). The minimum Gasteiger partial charge on any atom is -0.494 e. The molecule has 0 amide bonds. The van der Waals surface area contributed by atoms with E-state index in [1.54, 1.807) is 11.8 Å². The van der Waals surface area contributed by atoms with Gasteiger partial charge in [0.25, 0.3) is 5.56 Å². The molecule has 7 nitrogen and oxygen atoms in total. The number of fused-ring (bicyclic) bond motifs is 1. The smallest absolute Gasteiger partial charge is 0.331 e. The van der Waals surface area contributed by atoms with Crippen LogP contribution < -0.4 is 16.0 Å². The van der Waals surface area contributed by atoms with Crippen LogP contribution in [0.3, 0.4) is 0 Å². The molecular formula is C24H23N3O4S. The van der Waals surface area contributed by atoms with Gasteiger partial charge in [0.05, 0.1) is 18.0 Å². The Hall–Kier alpha value is -3.52. The lowest BCUT2D eigenvalue weighted by Crippen LogP contribution is -2.34. The van der Waals surface area contributed by atoms with Crippen LogP contribution >= 0.6 is 11.8 Å². The van der Waals surface area contributed by atoms with E-state index in [0.717, 1.165) is 20.8 Å². The molecule has 2 N–H and O–H groups in total. The average molecular weight is 450 g/mol. The summed E-state index contributed by atoms with van der Waals surface area (Å²) >= 11 is 1.63. The topological polar surface area (TPSA) is 96.7 Å². The van der Waals surface area contributed by atoms with E-state index >= 15 is 0 Å². The largest absolute Gasteiger partial charge is 0.494 e. The number of thioether (sulfide) groups is 1. The van der Waals surface area contributed by atoms with Crippen LogP contribution in [0.5, 0.6) is 11.6 Å². The highest BCUT2D eigenvalue weighted by Gasteiger charge is 2.28. The number of aromatic amines is 1. The number of aliphatic imine (C=N–C) groups is 1. The van der Waals surface area contributed by atoms with Crippen LogP contribution in [0, 0.1) is 0 Å². The first-order valence-electron chi connectivity index (χ1n) is 10.3. The van der Waals surface area contributed by atoms with Crippen LogP contribution in [-0.4, -0.2) is 27.0 Å². The average Bonchev–Trinajstić information content (AvgIpc) is 2.96. The fourth-order valence-electron chi connectivity index (χ4n) is 3.69. The first-order valence-corrected chi connectivity index (χ1v) is 11.1. The number of para-hydroxylation sites is 2. The number of nitrogens with zero attached hydrogens (tertiary/aromatic N) is 2. The van der Waals surface area contributed by atoms with E-state index in [1.165, 1.54) is 6.08 Å². The van der Waals surface area contributed by atoms with Crippen molar-refractivity contribution >= 4 is 23.2 Å². The maximum Gasteiger partial charge on any atom is 0.331 e. The maximum atomic E-state index is 12.8. The van der Waals surface area contributed by atoms with Crippen molar-refractivity contribution in [2.24, 2.45) is 4.99 Å². The van der Waals surface area contributed by atoms with Crippen molar-refractivity contribution in [1.82, 2.24) is 9.55 Å². The number of H-pyrrole nitrogens is 1. The predicted octanol–water partition coefficient (Wildman–Crippen LogP) is 4.18. The Kier molecular flexibility index (Phi) is 6.32. The van der Waals surface area contributed by atoms with Crippen LogP contribution in [0.4, 0.5) is 5.69 Å². The second-order valence-electron chi connectivity index (χ2n) is 7.16. The van der Waals surface area contributed by atoms with Crippen molar-refractivity contribution in [3.63, 3.8) is 0 Å². The summed E-state index contributed by atoms with van der Waals surface area (Å²) in [7, 11) is 0. The summed E-state index contributed by atoms with van der Waals surface area (Å²) in [6, 6.07) is 15.4. The number of benzene rings is 2. The van der Waals surface area contributed by atoms with Gasteiger partial charge in [-0.2, -0.15) is 0 Å². The zero-order chi connectivity index (χ0) is 22.7. The molecule has 0 saturated heterocycles. The molecule has 32 heavy (non-hydrogen) atoms. The van der Waals surface area contributed by atoms with Crippen LogP contribution in [0.15, 0.2) is 80.7 Å². The molecule has 2 heterocycles. The van der Waals surface area contributed by atoms with Crippen molar-refractivity contribution in [1.29, 1.82) is 0 Å². The summed E-state index contributed by atoms with van der Waals surface area (Å²) in [4.78, 5) is 33.0. The zero-order valence-corrected chi connectivity index (χ0v) is 18.4. The molecule has 1 unspecified atom stereocenters. The van der Waals surface area contributed by atoms with Gasteiger partial charge in [0.1, 0.15) is 11.3 Å². The minimum absolute atomic E-state index is 0.0114. The van der Waals surface area contributed by atoms with Gasteiger partial charge in [0.15, 0.2) is 0 Å². The quantitative estimate of drug-likeness (QED) is 0.550. The number of aromatic hydroxyl groups is 1. The molecule has 2 aromatic carbocycles. The van der Waals surface area contributed by atoms with Crippen LogP contribution in [0.25, 0.3) is 0 Å². The lowest BCUT2D eigenvalue weighted by Gasteiger charge is -2.19. The highest BCUT2D eigenvalue weighted by Crippen LogP contribution is 2.47. The third-order valence-electron chi connectivity index (χ3n) is 5.11. The Morgan fingerprint density at radius 1 is 1.25 bits per heavy atom. The monoisotopic (exact) mass is 449 g/mol. The Balaban J connectivity index is 1.91. The van der Waals surface area contributed by atoms with Gasteiger partial charge in [0.2, 0.25) is 5.88 Å². The molecule has 164 valence electrons. The molecule has 0 fully saturated rings. The molecule has 1 atom stereocenters. The van der Waals surface area contributed by atoms with Crippen molar-refractivity contribution in [2.45, 2.75) is 30.0 Å². The third kappa shape index (κ3) is 4.13. The molecule has 0 spiro atoms. The molecule has 0 radical (unpaired) electrons. The minimum atomic E-state index is -0.696. The van der Waals surface area contributed by atoms with E-state index in [9.17, 15) is 14.7 Å². The first-order chi connectivity index (χ1) is 15.5. The van der Waals surface area contributed by atoms with Crippen LogP contribution in [-0.2, 0) is 6.54 Å². The van der Waals surface area contributed by atoms with E-state index in [2.05, 4.69) is 11.6 Å². The fourth-order valence-corrected chi connectivity index (χ4v) is 4.96. The van der Waals surface area contributed by atoms with Gasteiger partial charge < -0.3 is 9.84 Å². The van der Waals surface area contributed by atoms with E-state index in [1.807, 2.05) is 55.5 Å². The number of aromatic nitrogens is 2.